The number of aromatic nitrogens is 1. The monoisotopic (exact) mass is 361 g/mol. The van der Waals surface area contributed by atoms with E-state index in [1.807, 2.05) is 17.5 Å². The standard InChI is InChI=1S/C17H19N3O2S2/c1-11(21)18-9-13-6-7-15(24-13)14-10-23-17(19-14)20-16(22)8-12-4-2-3-5-12/h2,4,6-7,10,12H,3,5,8-9H2,1H3,(H,18,21)(H,19,20,22). The molecule has 24 heavy (non-hydrogen) atoms. The van der Waals surface area contributed by atoms with E-state index >= 15 is 0 Å². The summed E-state index contributed by atoms with van der Waals surface area (Å²) in [4.78, 5) is 29.6. The van der Waals surface area contributed by atoms with Crippen LogP contribution in [0.1, 0.15) is 31.1 Å². The normalized spacial score (nSPS) is 16.3. The number of carbonyl (C=O) groups excluding carboxylic acids is 2. The molecular formula is C17H19N3O2S2. The molecule has 2 heterocycles. The summed E-state index contributed by atoms with van der Waals surface area (Å²) in [6.45, 7) is 2.04. The Kier molecular flexibility index (Phi) is 5.42. The Morgan fingerprint density at radius 1 is 1.38 bits per heavy atom. The summed E-state index contributed by atoms with van der Waals surface area (Å²) in [7, 11) is 0. The van der Waals surface area contributed by atoms with Crippen molar-refractivity contribution in [2.75, 3.05) is 5.32 Å². The molecular weight excluding hydrogens is 342 g/mol. The summed E-state index contributed by atoms with van der Waals surface area (Å²) >= 11 is 3.03. The number of amides is 2. The van der Waals surface area contributed by atoms with Gasteiger partial charge in [0.15, 0.2) is 5.13 Å². The Balaban J connectivity index is 1.57. The lowest BCUT2D eigenvalue weighted by molar-refractivity contribution is -0.119. The van der Waals surface area contributed by atoms with Crippen molar-refractivity contribution in [2.24, 2.45) is 5.92 Å². The van der Waals surface area contributed by atoms with Crippen LogP contribution in [0.2, 0.25) is 0 Å². The number of thiazole rings is 1. The molecule has 0 aliphatic heterocycles. The van der Waals surface area contributed by atoms with Crippen LogP contribution in [-0.2, 0) is 16.1 Å². The first-order valence-corrected chi connectivity index (χ1v) is 9.55. The predicted octanol–water partition coefficient (Wildman–Crippen LogP) is 3.80. The first kappa shape index (κ1) is 16.9. The highest BCUT2D eigenvalue weighted by molar-refractivity contribution is 7.17. The van der Waals surface area contributed by atoms with Gasteiger partial charge in [0.05, 0.1) is 17.1 Å². The van der Waals surface area contributed by atoms with Crippen LogP contribution in [-0.4, -0.2) is 16.8 Å². The third-order valence-corrected chi connectivity index (χ3v) is 5.60. The van der Waals surface area contributed by atoms with E-state index in [9.17, 15) is 9.59 Å². The number of allylic oxidation sites excluding steroid dienone is 2. The van der Waals surface area contributed by atoms with Crippen LogP contribution < -0.4 is 10.6 Å². The fraction of sp³-hybridized carbons (Fsp3) is 0.353. The van der Waals surface area contributed by atoms with Gasteiger partial charge in [0, 0.05) is 23.6 Å². The van der Waals surface area contributed by atoms with Crippen molar-refractivity contribution >= 4 is 39.6 Å². The summed E-state index contributed by atoms with van der Waals surface area (Å²) in [5.41, 5.74) is 0.857. The van der Waals surface area contributed by atoms with Crippen molar-refractivity contribution in [1.82, 2.24) is 10.3 Å². The van der Waals surface area contributed by atoms with Crippen LogP contribution >= 0.6 is 22.7 Å². The summed E-state index contributed by atoms with van der Waals surface area (Å²) < 4.78 is 0. The number of nitrogens with one attached hydrogen (secondary N) is 2. The molecule has 2 amide bonds. The summed E-state index contributed by atoms with van der Waals surface area (Å²) in [5, 5.41) is 8.25. The molecule has 2 aromatic heterocycles. The van der Waals surface area contributed by atoms with E-state index in [4.69, 9.17) is 0 Å². The molecule has 1 atom stereocenters. The van der Waals surface area contributed by atoms with Crippen molar-refractivity contribution < 1.29 is 9.59 Å². The van der Waals surface area contributed by atoms with Crippen molar-refractivity contribution in [3.63, 3.8) is 0 Å². The van der Waals surface area contributed by atoms with Crippen LogP contribution in [0.4, 0.5) is 5.13 Å². The number of carbonyl (C=O) groups is 2. The number of rotatable bonds is 6. The minimum atomic E-state index is -0.0410. The number of thiophene rings is 1. The second-order valence-electron chi connectivity index (χ2n) is 5.73. The van der Waals surface area contributed by atoms with Gasteiger partial charge in [0.1, 0.15) is 0 Å². The van der Waals surface area contributed by atoms with Crippen LogP contribution in [0, 0.1) is 5.92 Å². The maximum Gasteiger partial charge on any atom is 0.226 e. The molecule has 0 spiro atoms. The SMILES string of the molecule is CC(=O)NCc1ccc(-c2csc(NC(=O)CC3C=CCC3)n2)s1. The van der Waals surface area contributed by atoms with Gasteiger partial charge < -0.3 is 10.6 Å². The lowest BCUT2D eigenvalue weighted by atomic mass is 10.1. The lowest BCUT2D eigenvalue weighted by Gasteiger charge is -2.06. The van der Waals surface area contributed by atoms with Crippen molar-refractivity contribution in [3.05, 3.63) is 34.5 Å². The molecule has 5 nitrogen and oxygen atoms in total. The molecule has 2 aromatic rings. The summed E-state index contributed by atoms with van der Waals surface area (Å²) in [6.07, 6.45) is 6.90. The maximum absolute atomic E-state index is 12.1. The first-order chi connectivity index (χ1) is 11.6. The third-order valence-electron chi connectivity index (χ3n) is 3.74. The van der Waals surface area contributed by atoms with Crippen LogP contribution in [0.5, 0.6) is 0 Å². The van der Waals surface area contributed by atoms with Gasteiger partial charge in [-0.15, -0.1) is 22.7 Å². The molecule has 0 aromatic carbocycles. The third kappa shape index (κ3) is 4.52. The molecule has 0 saturated carbocycles. The summed E-state index contributed by atoms with van der Waals surface area (Å²) in [6, 6.07) is 3.98. The Hall–Kier alpha value is -1.99. The topological polar surface area (TPSA) is 71.1 Å². The minimum absolute atomic E-state index is 0.0185. The van der Waals surface area contributed by atoms with Crippen molar-refractivity contribution in [1.29, 1.82) is 0 Å². The zero-order valence-electron chi connectivity index (χ0n) is 13.4. The van der Waals surface area contributed by atoms with E-state index in [0.29, 0.717) is 24.0 Å². The Bertz CT molecular complexity index is 763. The molecule has 0 saturated heterocycles. The van der Waals surface area contributed by atoms with Crippen LogP contribution in [0.3, 0.4) is 0 Å². The quantitative estimate of drug-likeness (QED) is 0.769. The second-order valence-corrected chi connectivity index (χ2v) is 7.76. The predicted molar refractivity (Wildman–Crippen MR) is 98.1 cm³/mol. The smallest absolute Gasteiger partial charge is 0.226 e. The van der Waals surface area contributed by atoms with E-state index in [2.05, 4.69) is 27.8 Å². The largest absolute Gasteiger partial charge is 0.351 e. The van der Waals surface area contributed by atoms with Gasteiger partial charge in [-0.05, 0) is 30.9 Å². The average molecular weight is 361 g/mol. The highest BCUT2D eigenvalue weighted by Gasteiger charge is 2.15. The van der Waals surface area contributed by atoms with Crippen LogP contribution in [0.15, 0.2) is 29.7 Å². The molecule has 3 rings (SSSR count). The zero-order chi connectivity index (χ0) is 16.9. The van der Waals surface area contributed by atoms with E-state index in [-0.39, 0.29) is 11.8 Å². The van der Waals surface area contributed by atoms with E-state index < -0.39 is 0 Å². The van der Waals surface area contributed by atoms with Gasteiger partial charge in [-0.25, -0.2) is 4.98 Å². The Labute approximate surface area is 148 Å². The Morgan fingerprint density at radius 3 is 3.00 bits per heavy atom. The highest BCUT2D eigenvalue weighted by Crippen LogP contribution is 2.31. The van der Waals surface area contributed by atoms with Crippen molar-refractivity contribution in [3.8, 4) is 10.6 Å². The van der Waals surface area contributed by atoms with E-state index in [1.54, 1.807) is 11.3 Å². The number of hydrogen-bond acceptors (Lipinski definition) is 5. The average Bonchev–Trinajstić information content (AvgIpc) is 3.26. The second kappa shape index (κ2) is 7.72. The number of anilines is 1. The van der Waals surface area contributed by atoms with Crippen molar-refractivity contribution in [2.45, 2.75) is 32.7 Å². The lowest BCUT2D eigenvalue weighted by Crippen LogP contribution is -2.17. The molecule has 1 unspecified atom stereocenters. The van der Waals surface area contributed by atoms with Gasteiger partial charge in [-0.3, -0.25) is 9.59 Å². The van der Waals surface area contributed by atoms with Gasteiger partial charge >= 0.3 is 0 Å². The van der Waals surface area contributed by atoms with Gasteiger partial charge in [0.2, 0.25) is 11.8 Å². The van der Waals surface area contributed by atoms with Gasteiger partial charge in [-0.2, -0.15) is 0 Å². The zero-order valence-corrected chi connectivity index (χ0v) is 15.0. The maximum atomic E-state index is 12.1. The Morgan fingerprint density at radius 2 is 2.25 bits per heavy atom. The van der Waals surface area contributed by atoms with E-state index in [0.717, 1.165) is 28.3 Å². The molecule has 7 heteroatoms. The molecule has 126 valence electrons. The minimum Gasteiger partial charge on any atom is -0.351 e. The first-order valence-electron chi connectivity index (χ1n) is 7.85. The molecule has 1 aliphatic rings. The fourth-order valence-electron chi connectivity index (χ4n) is 2.54. The highest BCUT2D eigenvalue weighted by atomic mass is 32.1. The van der Waals surface area contributed by atoms with Gasteiger partial charge in [-0.1, -0.05) is 12.2 Å². The van der Waals surface area contributed by atoms with Crippen LogP contribution in [0.25, 0.3) is 10.6 Å². The molecule has 0 fully saturated rings. The van der Waals surface area contributed by atoms with Gasteiger partial charge in [0.25, 0.3) is 0 Å². The molecule has 2 N–H and O–H groups in total. The van der Waals surface area contributed by atoms with E-state index in [1.165, 1.54) is 18.3 Å². The number of nitrogens with zero attached hydrogens (tertiary/aromatic N) is 1. The fourth-order valence-corrected chi connectivity index (χ4v) is 4.25. The molecule has 0 bridgehead atoms. The summed E-state index contributed by atoms with van der Waals surface area (Å²) in [5.74, 6) is 0.337. The number of hydrogen-bond donors (Lipinski definition) is 2. The molecule has 1 aliphatic carbocycles. The molecule has 0 radical (unpaired) electrons.